The van der Waals surface area contributed by atoms with E-state index in [1.807, 2.05) is 0 Å². The van der Waals surface area contributed by atoms with Crippen molar-refractivity contribution in [1.82, 2.24) is 0 Å². The van der Waals surface area contributed by atoms with E-state index in [9.17, 15) is 8.42 Å². The van der Waals surface area contributed by atoms with Gasteiger partial charge < -0.3 is 9.47 Å². The quantitative estimate of drug-likeness (QED) is 0.769. The van der Waals surface area contributed by atoms with Gasteiger partial charge in [-0.25, -0.2) is 8.42 Å². The van der Waals surface area contributed by atoms with Gasteiger partial charge in [-0.05, 0) is 24.8 Å². The molecule has 0 bridgehead atoms. The number of rotatable bonds is 4. The SMILES string of the molecule is O=S(=O)(Cl)c1cc(Cl)c(OCC2CCOCC2)cc1Cl. The maximum Gasteiger partial charge on any atom is 0.262 e. The molecular formula is C12H13Cl3O4S. The smallest absolute Gasteiger partial charge is 0.262 e. The fourth-order valence-corrected chi connectivity index (χ4v) is 3.72. The monoisotopic (exact) mass is 358 g/mol. The molecule has 0 radical (unpaired) electrons. The number of hydrogen-bond donors (Lipinski definition) is 0. The second kappa shape index (κ2) is 6.71. The van der Waals surface area contributed by atoms with Gasteiger partial charge in [0.25, 0.3) is 9.05 Å². The molecule has 0 N–H and O–H groups in total. The van der Waals surface area contributed by atoms with Crippen LogP contribution in [0.3, 0.4) is 0 Å². The van der Waals surface area contributed by atoms with Gasteiger partial charge in [-0.3, -0.25) is 0 Å². The fraction of sp³-hybridized carbons (Fsp3) is 0.500. The van der Waals surface area contributed by atoms with Gasteiger partial charge in [-0.15, -0.1) is 0 Å². The summed E-state index contributed by atoms with van der Waals surface area (Å²) >= 11 is 11.9. The topological polar surface area (TPSA) is 52.6 Å². The Kier molecular flexibility index (Phi) is 5.42. The molecule has 0 saturated carbocycles. The molecule has 1 aromatic rings. The molecule has 20 heavy (non-hydrogen) atoms. The van der Waals surface area contributed by atoms with E-state index in [1.54, 1.807) is 0 Å². The lowest BCUT2D eigenvalue weighted by Gasteiger charge is -2.22. The zero-order valence-electron chi connectivity index (χ0n) is 10.4. The molecular weight excluding hydrogens is 347 g/mol. The van der Waals surface area contributed by atoms with Crippen LogP contribution >= 0.6 is 33.9 Å². The molecule has 0 aromatic heterocycles. The summed E-state index contributed by atoms with van der Waals surface area (Å²) in [5, 5.41) is 0.159. The average Bonchev–Trinajstić information content (AvgIpc) is 2.39. The molecule has 1 aromatic carbocycles. The first-order valence-corrected chi connectivity index (χ1v) is 9.08. The number of benzene rings is 1. The summed E-state index contributed by atoms with van der Waals surface area (Å²) in [7, 11) is 1.34. The van der Waals surface area contributed by atoms with Crippen LogP contribution in [0.25, 0.3) is 0 Å². The first-order valence-electron chi connectivity index (χ1n) is 6.02. The van der Waals surface area contributed by atoms with Crippen LogP contribution in [0, 0.1) is 5.92 Å². The number of halogens is 3. The lowest BCUT2D eigenvalue weighted by Crippen LogP contribution is -2.21. The highest BCUT2D eigenvalue weighted by molar-refractivity contribution is 8.13. The first-order chi connectivity index (χ1) is 9.38. The lowest BCUT2D eigenvalue weighted by atomic mass is 10.0. The van der Waals surface area contributed by atoms with Crippen LogP contribution in [0.2, 0.25) is 10.0 Å². The first kappa shape index (κ1) is 16.2. The van der Waals surface area contributed by atoms with Gasteiger partial charge in [-0.1, -0.05) is 23.2 Å². The van der Waals surface area contributed by atoms with E-state index < -0.39 is 9.05 Å². The van der Waals surface area contributed by atoms with E-state index in [0.29, 0.717) is 18.3 Å². The zero-order chi connectivity index (χ0) is 14.8. The fourth-order valence-electron chi connectivity index (χ4n) is 1.93. The standard InChI is InChI=1S/C12H13Cl3O4S/c13-9-6-12(20(15,16)17)10(14)5-11(9)19-7-8-1-3-18-4-2-8/h5-6,8H,1-4,7H2. The van der Waals surface area contributed by atoms with Gasteiger partial charge in [-0.2, -0.15) is 0 Å². The van der Waals surface area contributed by atoms with Crippen molar-refractivity contribution in [3.63, 3.8) is 0 Å². The van der Waals surface area contributed by atoms with E-state index in [0.717, 1.165) is 26.1 Å². The summed E-state index contributed by atoms with van der Waals surface area (Å²) in [6.07, 6.45) is 1.86. The Morgan fingerprint density at radius 3 is 2.45 bits per heavy atom. The Morgan fingerprint density at radius 2 is 1.85 bits per heavy atom. The van der Waals surface area contributed by atoms with Gasteiger partial charge in [0.05, 0.1) is 16.7 Å². The predicted molar refractivity (Wildman–Crippen MR) is 78.5 cm³/mol. The maximum atomic E-state index is 11.3. The minimum atomic E-state index is -3.92. The highest BCUT2D eigenvalue weighted by Crippen LogP contribution is 2.35. The molecule has 0 spiro atoms. The molecule has 112 valence electrons. The minimum absolute atomic E-state index is 0.00798. The van der Waals surface area contributed by atoms with Crippen molar-refractivity contribution >= 4 is 42.9 Å². The Labute approximate surface area is 132 Å². The highest BCUT2D eigenvalue weighted by Gasteiger charge is 2.20. The molecule has 2 rings (SSSR count). The van der Waals surface area contributed by atoms with Gasteiger partial charge in [0.1, 0.15) is 10.6 Å². The van der Waals surface area contributed by atoms with Crippen LogP contribution in [-0.2, 0) is 13.8 Å². The summed E-state index contributed by atoms with van der Waals surface area (Å²) in [5.41, 5.74) is 0. The summed E-state index contributed by atoms with van der Waals surface area (Å²) in [4.78, 5) is -0.218. The van der Waals surface area contributed by atoms with Gasteiger partial charge in [0.15, 0.2) is 0 Å². The summed E-state index contributed by atoms with van der Waals surface area (Å²) in [5.74, 6) is 0.752. The van der Waals surface area contributed by atoms with Crippen LogP contribution in [0.1, 0.15) is 12.8 Å². The molecule has 1 fully saturated rings. The maximum absolute atomic E-state index is 11.3. The van der Waals surface area contributed by atoms with Crippen molar-refractivity contribution in [2.24, 2.45) is 5.92 Å². The third-order valence-corrected chi connectivity index (χ3v) is 5.15. The van der Waals surface area contributed by atoms with Crippen LogP contribution in [0.15, 0.2) is 17.0 Å². The second-order valence-corrected chi connectivity index (χ2v) is 7.87. The third kappa shape index (κ3) is 4.15. The van der Waals surface area contributed by atoms with Gasteiger partial charge >= 0.3 is 0 Å². The van der Waals surface area contributed by atoms with Gasteiger partial charge in [0.2, 0.25) is 0 Å². The Balaban J connectivity index is 2.11. The number of ether oxygens (including phenoxy) is 2. The lowest BCUT2D eigenvalue weighted by molar-refractivity contribution is 0.0497. The van der Waals surface area contributed by atoms with E-state index >= 15 is 0 Å². The Morgan fingerprint density at radius 1 is 1.20 bits per heavy atom. The molecule has 0 amide bonds. The van der Waals surface area contributed by atoms with Crippen molar-refractivity contribution in [2.75, 3.05) is 19.8 Å². The van der Waals surface area contributed by atoms with E-state index in [4.69, 9.17) is 43.4 Å². The number of hydrogen-bond acceptors (Lipinski definition) is 4. The van der Waals surface area contributed by atoms with Crippen molar-refractivity contribution in [2.45, 2.75) is 17.7 Å². The second-order valence-electron chi connectivity index (χ2n) is 4.52. The summed E-state index contributed by atoms with van der Waals surface area (Å²) < 4.78 is 33.5. The van der Waals surface area contributed by atoms with Crippen molar-refractivity contribution in [3.05, 3.63) is 22.2 Å². The minimum Gasteiger partial charge on any atom is -0.492 e. The molecule has 0 atom stereocenters. The van der Waals surface area contributed by atoms with Crippen molar-refractivity contribution in [1.29, 1.82) is 0 Å². The van der Waals surface area contributed by atoms with Crippen molar-refractivity contribution < 1.29 is 17.9 Å². The summed E-state index contributed by atoms with van der Waals surface area (Å²) in [6, 6.07) is 2.57. The van der Waals surface area contributed by atoms with Crippen LogP contribution in [0.4, 0.5) is 0 Å². The van der Waals surface area contributed by atoms with Crippen molar-refractivity contribution in [3.8, 4) is 5.75 Å². The average molecular weight is 360 g/mol. The normalized spacial score (nSPS) is 17.1. The van der Waals surface area contributed by atoms with E-state index in [-0.39, 0.29) is 14.9 Å². The Bertz CT molecular complexity index is 583. The molecule has 0 unspecified atom stereocenters. The molecule has 8 heteroatoms. The molecule has 1 aliphatic heterocycles. The molecule has 4 nitrogen and oxygen atoms in total. The Hall–Kier alpha value is -0.200. The zero-order valence-corrected chi connectivity index (χ0v) is 13.5. The molecule has 1 heterocycles. The molecule has 1 aliphatic rings. The van der Waals surface area contributed by atoms with E-state index in [2.05, 4.69) is 0 Å². The largest absolute Gasteiger partial charge is 0.492 e. The highest BCUT2D eigenvalue weighted by atomic mass is 35.7. The van der Waals surface area contributed by atoms with Crippen LogP contribution < -0.4 is 4.74 Å². The predicted octanol–water partition coefficient (Wildman–Crippen LogP) is 3.73. The summed E-state index contributed by atoms with van der Waals surface area (Å²) in [6.45, 7) is 1.95. The molecule has 1 saturated heterocycles. The van der Waals surface area contributed by atoms with E-state index in [1.165, 1.54) is 12.1 Å². The van der Waals surface area contributed by atoms with Crippen LogP contribution in [0.5, 0.6) is 5.75 Å². The van der Waals surface area contributed by atoms with Gasteiger partial charge in [0, 0.05) is 30.0 Å². The third-order valence-electron chi connectivity index (χ3n) is 3.06. The van der Waals surface area contributed by atoms with Crippen LogP contribution in [-0.4, -0.2) is 28.2 Å². The molecule has 0 aliphatic carbocycles.